The summed E-state index contributed by atoms with van der Waals surface area (Å²) in [6.07, 6.45) is 3.82. The van der Waals surface area contributed by atoms with Crippen molar-refractivity contribution >= 4 is 23.0 Å². The Morgan fingerprint density at radius 2 is 1.90 bits per heavy atom. The van der Waals surface area contributed by atoms with Gasteiger partial charge < -0.3 is 15.4 Å². The second-order valence-electron chi connectivity index (χ2n) is 5.70. The summed E-state index contributed by atoms with van der Waals surface area (Å²) in [6.45, 7) is 4.65. The molecule has 1 aromatic rings. The molecule has 0 spiro atoms. The highest BCUT2D eigenvalue weighted by molar-refractivity contribution is 7.80. The Bertz CT molecular complexity index is 446. The molecule has 1 fully saturated rings. The van der Waals surface area contributed by atoms with Gasteiger partial charge >= 0.3 is 0 Å². The van der Waals surface area contributed by atoms with Crippen molar-refractivity contribution in [3.63, 3.8) is 0 Å². The lowest BCUT2D eigenvalue weighted by molar-refractivity contribution is 0.225. The zero-order chi connectivity index (χ0) is 14.5. The monoisotopic (exact) mass is 292 g/mol. The van der Waals surface area contributed by atoms with Gasteiger partial charge in [-0.3, -0.25) is 0 Å². The number of hydrogen-bond donors (Lipinski definition) is 2. The molecule has 0 amide bonds. The first-order valence-electron chi connectivity index (χ1n) is 7.31. The van der Waals surface area contributed by atoms with Crippen LogP contribution in [0.2, 0.25) is 0 Å². The van der Waals surface area contributed by atoms with Gasteiger partial charge in [0, 0.05) is 11.7 Å². The third-order valence-corrected chi connectivity index (χ3v) is 4.59. The largest absolute Gasteiger partial charge is 0.497 e. The van der Waals surface area contributed by atoms with E-state index in [2.05, 4.69) is 24.5 Å². The van der Waals surface area contributed by atoms with Gasteiger partial charge in [0.05, 0.1) is 7.11 Å². The van der Waals surface area contributed by atoms with Crippen LogP contribution < -0.4 is 15.4 Å². The average Bonchev–Trinajstić information content (AvgIpc) is 2.45. The minimum Gasteiger partial charge on any atom is -0.497 e. The number of nitrogens with one attached hydrogen (secondary N) is 2. The zero-order valence-electron chi connectivity index (χ0n) is 12.5. The van der Waals surface area contributed by atoms with Gasteiger partial charge in [0.15, 0.2) is 5.11 Å². The van der Waals surface area contributed by atoms with E-state index in [1.807, 2.05) is 24.3 Å². The smallest absolute Gasteiger partial charge is 0.171 e. The molecule has 4 heteroatoms. The summed E-state index contributed by atoms with van der Waals surface area (Å²) < 4.78 is 5.15. The predicted octanol–water partition coefficient (Wildman–Crippen LogP) is 3.81. The van der Waals surface area contributed by atoms with Crippen LogP contribution in [0.3, 0.4) is 0 Å². The highest BCUT2D eigenvalue weighted by Crippen LogP contribution is 2.29. The van der Waals surface area contributed by atoms with Crippen LogP contribution in [0.25, 0.3) is 0 Å². The molecule has 0 radical (unpaired) electrons. The molecule has 3 nitrogen and oxygen atoms in total. The molecular weight excluding hydrogens is 268 g/mol. The van der Waals surface area contributed by atoms with Gasteiger partial charge in [0.1, 0.15) is 5.75 Å². The Hall–Kier alpha value is -1.29. The fourth-order valence-electron chi connectivity index (χ4n) is 2.80. The van der Waals surface area contributed by atoms with Crippen molar-refractivity contribution in [2.45, 2.75) is 39.2 Å². The molecule has 0 aliphatic heterocycles. The van der Waals surface area contributed by atoms with Crippen LogP contribution >= 0.6 is 12.2 Å². The van der Waals surface area contributed by atoms with E-state index in [-0.39, 0.29) is 0 Å². The molecule has 0 aromatic heterocycles. The summed E-state index contributed by atoms with van der Waals surface area (Å²) in [6, 6.07) is 8.28. The number of ether oxygens (including phenoxy) is 1. The second-order valence-corrected chi connectivity index (χ2v) is 6.11. The molecule has 1 aliphatic carbocycles. The Balaban J connectivity index is 1.88. The minimum atomic E-state index is 0.483. The van der Waals surface area contributed by atoms with E-state index in [1.165, 1.54) is 19.3 Å². The second kappa shape index (κ2) is 6.93. The van der Waals surface area contributed by atoms with Crippen molar-refractivity contribution in [2.24, 2.45) is 11.8 Å². The molecule has 0 heterocycles. The van der Waals surface area contributed by atoms with Crippen molar-refractivity contribution in [3.05, 3.63) is 24.3 Å². The van der Waals surface area contributed by atoms with Gasteiger partial charge in [-0.1, -0.05) is 26.7 Å². The number of rotatable bonds is 3. The Morgan fingerprint density at radius 3 is 2.55 bits per heavy atom. The third kappa shape index (κ3) is 3.85. The van der Waals surface area contributed by atoms with Gasteiger partial charge in [0.25, 0.3) is 0 Å². The summed E-state index contributed by atoms with van der Waals surface area (Å²) in [5, 5.41) is 7.42. The zero-order valence-corrected chi connectivity index (χ0v) is 13.3. The standard InChI is InChI=1S/C16H24N2OS/c1-11-5-4-6-15(12(11)2)18-16(20)17-13-7-9-14(19-3)10-8-13/h7-12,15H,4-6H2,1-3H3,(H2,17,18,20)/t11-,12-,15+/m1/s1. The van der Waals surface area contributed by atoms with Gasteiger partial charge in [-0.25, -0.2) is 0 Å². The Labute approximate surface area is 127 Å². The van der Waals surface area contributed by atoms with E-state index >= 15 is 0 Å². The van der Waals surface area contributed by atoms with Gasteiger partial charge in [-0.15, -0.1) is 0 Å². The van der Waals surface area contributed by atoms with E-state index in [1.54, 1.807) is 7.11 Å². The summed E-state index contributed by atoms with van der Waals surface area (Å²) in [7, 11) is 1.67. The van der Waals surface area contributed by atoms with Crippen molar-refractivity contribution < 1.29 is 4.74 Å². The molecule has 2 N–H and O–H groups in total. The molecule has 20 heavy (non-hydrogen) atoms. The maximum absolute atomic E-state index is 5.42. The van der Waals surface area contributed by atoms with E-state index < -0.39 is 0 Å². The van der Waals surface area contributed by atoms with Crippen molar-refractivity contribution in [2.75, 3.05) is 12.4 Å². The topological polar surface area (TPSA) is 33.3 Å². The summed E-state index contributed by atoms with van der Waals surface area (Å²) >= 11 is 5.42. The lowest BCUT2D eigenvalue weighted by Crippen LogP contribution is -2.45. The first kappa shape index (κ1) is 15.1. The molecule has 1 aliphatic rings. The normalized spacial score (nSPS) is 25.9. The highest BCUT2D eigenvalue weighted by atomic mass is 32.1. The first-order valence-corrected chi connectivity index (χ1v) is 7.72. The molecule has 3 atom stereocenters. The SMILES string of the molecule is COc1ccc(NC(=S)N[C@H]2CCC[C@@H](C)[C@H]2C)cc1. The molecule has 110 valence electrons. The molecule has 0 saturated heterocycles. The quantitative estimate of drug-likeness (QED) is 0.830. The van der Waals surface area contributed by atoms with E-state index in [0.29, 0.717) is 17.1 Å². The van der Waals surface area contributed by atoms with E-state index in [0.717, 1.165) is 17.4 Å². The number of methoxy groups -OCH3 is 1. The predicted molar refractivity (Wildman–Crippen MR) is 88.3 cm³/mol. The van der Waals surface area contributed by atoms with Crippen LogP contribution in [0, 0.1) is 11.8 Å². The lowest BCUT2D eigenvalue weighted by atomic mass is 9.78. The first-order chi connectivity index (χ1) is 9.60. The molecule has 0 unspecified atom stereocenters. The number of thiocarbonyl (C=S) groups is 1. The molecule has 2 rings (SSSR count). The van der Waals surface area contributed by atoms with Crippen molar-refractivity contribution in [1.82, 2.24) is 5.32 Å². The van der Waals surface area contributed by atoms with Gasteiger partial charge in [-0.05, 0) is 54.7 Å². The van der Waals surface area contributed by atoms with Crippen molar-refractivity contribution in [3.8, 4) is 5.75 Å². The maximum atomic E-state index is 5.42. The number of anilines is 1. The van der Waals surface area contributed by atoms with Gasteiger partial charge in [-0.2, -0.15) is 0 Å². The van der Waals surface area contributed by atoms with E-state index in [9.17, 15) is 0 Å². The maximum Gasteiger partial charge on any atom is 0.171 e. The Morgan fingerprint density at radius 1 is 1.20 bits per heavy atom. The van der Waals surface area contributed by atoms with Gasteiger partial charge in [0.2, 0.25) is 0 Å². The van der Waals surface area contributed by atoms with E-state index in [4.69, 9.17) is 17.0 Å². The molecule has 1 saturated carbocycles. The summed E-state index contributed by atoms with van der Waals surface area (Å²) in [5.41, 5.74) is 0.986. The van der Waals surface area contributed by atoms with Crippen LogP contribution in [0.15, 0.2) is 24.3 Å². The molecule has 1 aromatic carbocycles. The lowest BCUT2D eigenvalue weighted by Gasteiger charge is -2.35. The highest BCUT2D eigenvalue weighted by Gasteiger charge is 2.27. The average molecular weight is 292 g/mol. The fraction of sp³-hybridized carbons (Fsp3) is 0.562. The van der Waals surface area contributed by atoms with Crippen LogP contribution in [0.1, 0.15) is 33.1 Å². The summed E-state index contributed by atoms with van der Waals surface area (Å²) in [5.74, 6) is 2.29. The number of hydrogen-bond acceptors (Lipinski definition) is 2. The third-order valence-electron chi connectivity index (χ3n) is 4.37. The van der Waals surface area contributed by atoms with Crippen LogP contribution in [0.5, 0.6) is 5.75 Å². The molecule has 0 bridgehead atoms. The van der Waals surface area contributed by atoms with Crippen LogP contribution in [-0.2, 0) is 0 Å². The Kier molecular flexibility index (Phi) is 5.24. The minimum absolute atomic E-state index is 0.483. The van der Waals surface area contributed by atoms with Crippen LogP contribution in [0.4, 0.5) is 5.69 Å². The molecular formula is C16H24N2OS. The summed E-state index contributed by atoms with van der Waals surface area (Å²) in [4.78, 5) is 0. The van der Waals surface area contributed by atoms with Crippen LogP contribution in [-0.4, -0.2) is 18.3 Å². The van der Waals surface area contributed by atoms with Crippen molar-refractivity contribution in [1.29, 1.82) is 0 Å². The fourth-order valence-corrected chi connectivity index (χ4v) is 3.06. The number of benzene rings is 1.